The summed E-state index contributed by atoms with van der Waals surface area (Å²) in [6.07, 6.45) is 0.938. The molecule has 0 atom stereocenters. The van der Waals surface area contributed by atoms with Crippen molar-refractivity contribution in [3.63, 3.8) is 0 Å². The Labute approximate surface area is 119 Å². The van der Waals surface area contributed by atoms with E-state index in [1.54, 1.807) is 23.1 Å². The standard InChI is InChI=1S/C15H22FN3O/c1-15(2,12-6-3-4-7-13(12)16)18-14(20)19-10-5-8-17-9-11-19/h3-4,6-7,17H,5,8-11H2,1-2H3,(H,18,20). The Hall–Kier alpha value is -1.62. The molecule has 1 saturated heterocycles. The monoisotopic (exact) mass is 279 g/mol. The fourth-order valence-electron chi connectivity index (χ4n) is 2.43. The number of urea groups is 1. The van der Waals surface area contributed by atoms with Crippen LogP contribution in [0.1, 0.15) is 25.8 Å². The topological polar surface area (TPSA) is 44.4 Å². The van der Waals surface area contributed by atoms with Gasteiger partial charge in [-0.05, 0) is 32.9 Å². The molecule has 0 unspecified atom stereocenters. The zero-order valence-corrected chi connectivity index (χ0v) is 12.1. The molecule has 1 aliphatic heterocycles. The van der Waals surface area contributed by atoms with Crippen LogP contribution in [0.2, 0.25) is 0 Å². The van der Waals surface area contributed by atoms with Crippen LogP contribution in [0.3, 0.4) is 0 Å². The Kier molecular flexibility index (Phi) is 4.60. The number of halogens is 1. The van der Waals surface area contributed by atoms with Crippen LogP contribution in [0.4, 0.5) is 9.18 Å². The van der Waals surface area contributed by atoms with Gasteiger partial charge in [0.05, 0.1) is 5.54 Å². The van der Waals surface area contributed by atoms with Crippen molar-refractivity contribution < 1.29 is 9.18 Å². The lowest BCUT2D eigenvalue weighted by Crippen LogP contribution is -2.49. The fraction of sp³-hybridized carbons (Fsp3) is 0.533. The minimum atomic E-state index is -0.734. The summed E-state index contributed by atoms with van der Waals surface area (Å²) in [6.45, 7) is 6.78. The van der Waals surface area contributed by atoms with Crippen molar-refractivity contribution in [3.05, 3.63) is 35.6 Å². The maximum atomic E-state index is 13.9. The van der Waals surface area contributed by atoms with E-state index in [9.17, 15) is 9.18 Å². The third kappa shape index (κ3) is 3.48. The van der Waals surface area contributed by atoms with E-state index >= 15 is 0 Å². The molecular formula is C15H22FN3O. The van der Waals surface area contributed by atoms with Gasteiger partial charge in [-0.2, -0.15) is 0 Å². The molecule has 0 radical (unpaired) electrons. The fourth-order valence-corrected chi connectivity index (χ4v) is 2.43. The molecule has 2 rings (SSSR count). The van der Waals surface area contributed by atoms with Crippen molar-refractivity contribution in [1.29, 1.82) is 0 Å². The smallest absolute Gasteiger partial charge is 0.318 e. The lowest BCUT2D eigenvalue weighted by molar-refractivity contribution is 0.189. The lowest BCUT2D eigenvalue weighted by Gasteiger charge is -2.31. The van der Waals surface area contributed by atoms with Crippen molar-refractivity contribution in [2.45, 2.75) is 25.8 Å². The van der Waals surface area contributed by atoms with Crippen LogP contribution in [-0.2, 0) is 5.54 Å². The molecule has 1 heterocycles. The Morgan fingerprint density at radius 3 is 2.80 bits per heavy atom. The van der Waals surface area contributed by atoms with Gasteiger partial charge in [-0.3, -0.25) is 0 Å². The molecule has 0 aromatic heterocycles. The number of carbonyl (C=O) groups excluding carboxylic acids is 1. The molecule has 2 amide bonds. The second-order valence-corrected chi connectivity index (χ2v) is 5.63. The molecule has 0 aliphatic carbocycles. The molecule has 110 valence electrons. The third-order valence-corrected chi connectivity index (χ3v) is 3.59. The highest BCUT2D eigenvalue weighted by molar-refractivity contribution is 5.75. The highest BCUT2D eigenvalue weighted by Crippen LogP contribution is 2.23. The van der Waals surface area contributed by atoms with Crippen LogP contribution < -0.4 is 10.6 Å². The number of hydrogen-bond acceptors (Lipinski definition) is 2. The molecule has 4 nitrogen and oxygen atoms in total. The van der Waals surface area contributed by atoms with E-state index in [-0.39, 0.29) is 11.8 Å². The van der Waals surface area contributed by atoms with Crippen LogP contribution in [0, 0.1) is 5.82 Å². The van der Waals surface area contributed by atoms with Crippen molar-refractivity contribution in [2.75, 3.05) is 26.2 Å². The number of rotatable bonds is 2. The van der Waals surface area contributed by atoms with E-state index < -0.39 is 5.54 Å². The highest BCUT2D eigenvalue weighted by atomic mass is 19.1. The minimum Gasteiger partial charge on any atom is -0.329 e. The first-order valence-corrected chi connectivity index (χ1v) is 7.03. The van der Waals surface area contributed by atoms with Gasteiger partial charge in [-0.1, -0.05) is 18.2 Å². The molecule has 2 N–H and O–H groups in total. The largest absolute Gasteiger partial charge is 0.329 e. The first-order valence-electron chi connectivity index (χ1n) is 7.03. The maximum Gasteiger partial charge on any atom is 0.318 e. The molecule has 0 spiro atoms. The lowest BCUT2D eigenvalue weighted by atomic mass is 9.94. The van der Waals surface area contributed by atoms with Gasteiger partial charge in [0.25, 0.3) is 0 Å². The highest BCUT2D eigenvalue weighted by Gasteiger charge is 2.28. The van der Waals surface area contributed by atoms with Crippen LogP contribution in [0.15, 0.2) is 24.3 Å². The van der Waals surface area contributed by atoms with Crippen LogP contribution in [0.25, 0.3) is 0 Å². The summed E-state index contributed by atoms with van der Waals surface area (Å²) in [5, 5.41) is 6.18. The summed E-state index contributed by atoms with van der Waals surface area (Å²) in [4.78, 5) is 14.1. The van der Waals surface area contributed by atoms with Gasteiger partial charge in [0.2, 0.25) is 0 Å². The molecular weight excluding hydrogens is 257 g/mol. The molecule has 0 bridgehead atoms. The summed E-state index contributed by atoms with van der Waals surface area (Å²) >= 11 is 0. The van der Waals surface area contributed by atoms with Crippen LogP contribution >= 0.6 is 0 Å². The molecule has 1 aromatic carbocycles. The zero-order valence-electron chi connectivity index (χ0n) is 12.1. The average Bonchev–Trinajstić information content (AvgIpc) is 2.67. The van der Waals surface area contributed by atoms with E-state index in [0.29, 0.717) is 12.1 Å². The number of benzene rings is 1. The summed E-state index contributed by atoms with van der Waals surface area (Å²) in [5.41, 5.74) is -0.233. The maximum absolute atomic E-state index is 13.9. The van der Waals surface area contributed by atoms with Gasteiger partial charge in [-0.15, -0.1) is 0 Å². The van der Waals surface area contributed by atoms with E-state index in [1.807, 2.05) is 13.8 Å². The van der Waals surface area contributed by atoms with Gasteiger partial charge in [-0.25, -0.2) is 9.18 Å². The predicted molar refractivity (Wildman–Crippen MR) is 77.0 cm³/mol. The molecule has 1 aromatic rings. The summed E-state index contributed by atoms with van der Waals surface area (Å²) in [5.74, 6) is -0.296. The molecule has 20 heavy (non-hydrogen) atoms. The van der Waals surface area contributed by atoms with Crippen molar-refractivity contribution >= 4 is 6.03 Å². The summed E-state index contributed by atoms with van der Waals surface area (Å²) in [6, 6.07) is 6.42. The Bertz CT molecular complexity index is 468. The predicted octanol–water partition coefficient (Wildman–Crippen LogP) is 2.07. The number of amides is 2. The summed E-state index contributed by atoms with van der Waals surface area (Å²) in [7, 11) is 0. The van der Waals surface area contributed by atoms with Crippen LogP contribution in [-0.4, -0.2) is 37.1 Å². The molecule has 1 aliphatic rings. The van der Waals surface area contributed by atoms with Gasteiger partial charge in [0.15, 0.2) is 0 Å². The number of hydrogen-bond donors (Lipinski definition) is 2. The summed E-state index contributed by atoms with van der Waals surface area (Å²) < 4.78 is 13.9. The third-order valence-electron chi connectivity index (χ3n) is 3.59. The SMILES string of the molecule is CC(C)(NC(=O)N1CCCNCC1)c1ccccc1F. The minimum absolute atomic E-state index is 0.137. The van der Waals surface area contributed by atoms with E-state index in [0.717, 1.165) is 26.1 Å². The van der Waals surface area contributed by atoms with Crippen molar-refractivity contribution in [2.24, 2.45) is 0 Å². The first kappa shape index (κ1) is 14.8. The number of carbonyl (C=O) groups is 1. The second kappa shape index (κ2) is 6.22. The van der Waals surface area contributed by atoms with E-state index in [4.69, 9.17) is 0 Å². The Morgan fingerprint density at radius 2 is 2.05 bits per heavy atom. The van der Waals surface area contributed by atoms with Gasteiger partial charge in [0.1, 0.15) is 5.82 Å². The number of nitrogens with zero attached hydrogens (tertiary/aromatic N) is 1. The molecule has 5 heteroatoms. The first-order chi connectivity index (χ1) is 9.50. The van der Waals surface area contributed by atoms with Gasteiger partial charge >= 0.3 is 6.03 Å². The Morgan fingerprint density at radius 1 is 1.30 bits per heavy atom. The molecule has 0 saturated carbocycles. The Balaban J connectivity index is 2.07. The van der Waals surface area contributed by atoms with Gasteiger partial charge in [0, 0.05) is 25.2 Å². The quantitative estimate of drug-likeness (QED) is 0.870. The van der Waals surface area contributed by atoms with E-state index in [2.05, 4.69) is 10.6 Å². The molecule has 1 fully saturated rings. The van der Waals surface area contributed by atoms with Gasteiger partial charge < -0.3 is 15.5 Å². The number of nitrogens with one attached hydrogen (secondary N) is 2. The van der Waals surface area contributed by atoms with Crippen molar-refractivity contribution in [3.8, 4) is 0 Å². The average molecular weight is 279 g/mol. The van der Waals surface area contributed by atoms with Crippen molar-refractivity contribution in [1.82, 2.24) is 15.5 Å². The van der Waals surface area contributed by atoms with E-state index in [1.165, 1.54) is 6.07 Å². The zero-order chi connectivity index (χ0) is 14.6. The van der Waals surface area contributed by atoms with Crippen LogP contribution in [0.5, 0.6) is 0 Å². The second-order valence-electron chi connectivity index (χ2n) is 5.63. The normalized spacial score (nSPS) is 16.6.